The van der Waals surface area contributed by atoms with Crippen LogP contribution in [-0.2, 0) is 23.9 Å². The minimum Gasteiger partial charge on any atom is -0.376 e. The maximum absolute atomic E-state index is 15.0. The predicted molar refractivity (Wildman–Crippen MR) is 245 cm³/mol. The number of carbonyl (C=O) groups is 1. The molecule has 3 unspecified atom stereocenters. The number of hydrogen-bond acceptors (Lipinski definition) is 7. The molecular formula is C49H54FN8O5P. The van der Waals surface area contributed by atoms with Gasteiger partial charge in [-0.25, -0.2) is 18.7 Å². The first kappa shape index (κ1) is 42.1. The van der Waals surface area contributed by atoms with Crippen molar-refractivity contribution in [3.63, 3.8) is 0 Å². The molecule has 15 heteroatoms. The molecule has 2 aliphatic carbocycles. The number of carbonyl (C=O) groups excluding carboxylic acids is 1. The predicted octanol–water partition coefficient (Wildman–Crippen LogP) is 8.91. The van der Waals surface area contributed by atoms with E-state index in [-0.39, 0.29) is 43.4 Å². The van der Waals surface area contributed by atoms with E-state index in [9.17, 15) is 18.8 Å². The highest BCUT2D eigenvalue weighted by Gasteiger charge is 2.37. The van der Waals surface area contributed by atoms with Crippen LogP contribution >= 0.6 is 7.92 Å². The molecule has 4 aromatic heterocycles. The summed E-state index contributed by atoms with van der Waals surface area (Å²) in [6, 6.07) is 21.7. The number of nitrogens with zero attached hydrogens (tertiary/aromatic N) is 6. The molecule has 2 saturated carbocycles. The SMILES string of the molecule is CC1CC1c1noc(=O)[nH]1.CP(C)Cc1ccc(-n2ccn(-c3c4c(nn3-c3ccc(F)c(C5CC5)c3)CCN(C(=O)c3cc5cc(C6CCOC(C)(C)C6)ccc5[nH]3)C4)c2=O)cc1. The number of nitrogens with one attached hydrogen (secondary N) is 2. The first-order valence-electron chi connectivity index (χ1n) is 22.4. The average Bonchev–Trinajstić information content (AvgIpc) is 4.03. The van der Waals surface area contributed by atoms with Crippen LogP contribution in [-0.4, -0.2) is 76.9 Å². The standard InChI is InChI=1S/C43H46FN6O3P.C6H8N2O2/c1-43(2)24-30(16-20-53-43)29-9-14-37-31(21-29)22-39(45-37)41(51)47-17-15-38-35(25-47)40(50(46-38)33-12-13-36(44)34(23-33)28-7-8-28)49-19-18-48(42(49)52)32-10-5-27(6-11-32)26-54(3)4;1-3-2-4(3)5-7-6(9)10-8-5/h5-6,9-14,18-19,21-23,28,30,45H,7-8,15-17,20,24-26H2,1-4H3;3-4H,2H2,1H3,(H,7,8,9). The first-order valence-corrected chi connectivity index (χ1v) is 24.8. The number of rotatable bonds is 9. The molecule has 64 heavy (non-hydrogen) atoms. The highest BCUT2D eigenvalue weighted by atomic mass is 31.1. The third-order valence-corrected chi connectivity index (χ3v) is 14.2. The van der Waals surface area contributed by atoms with E-state index in [1.807, 2.05) is 29.2 Å². The zero-order valence-corrected chi connectivity index (χ0v) is 37.8. The molecule has 4 aliphatic rings. The molecule has 1 amide bonds. The van der Waals surface area contributed by atoms with Crippen molar-refractivity contribution in [3.8, 4) is 17.2 Å². The molecule has 332 valence electrons. The lowest BCUT2D eigenvalue weighted by Gasteiger charge is -2.35. The van der Waals surface area contributed by atoms with Crippen LogP contribution in [0, 0.1) is 11.7 Å². The van der Waals surface area contributed by atoms with Crippen LogP contribution in [0.15, 0.2) is 93.2 Å². The second-order valence-corrected chi connectivity index (χ2v) is 21.4. The topological polar surface area (TPSA) is 149 Å². The number of aromatic amines is 2. The van der Waals surface area contributed by atoms with E-state index in [0.717, 1.165) is 72.7 Å². The fourth-order valence-electron chi connectivity index (χ4n) is 9.50. The Bertz CT molecular complexity index is 2990. The lowest BCUT2D eigenvalue weighted by Crippen LogP contribution is -2.36. The number of aromatic nitrogens is 7. The Morgan fingerprint density at radius 3 is 2.41 bits per heavy atom. The summed E-state index contributed by atoms with van der Waals surface area (Å²) in [5, 5.41) is 9.65. The molecule has 3 aromatic carbocycles. The van der Waals surface area contributed by atoms with Crippen molar-refractivity contribution in [2.45, 2.75) is 95.4 Å². The highest BCUT2D eigenvalue weighted by molar-refractivity contribution is 7.55. The maximum atomic E-state index is 15.0. The summed E-state index contributed by atoms with van der Waals surface area (Å²) in [6.07, 6.45) is 10.1. The fourth-order valence-corrected chi connectivity index (χ4v) is 10.4. The molecular weight excluding hydrogens is 831 g/mol. The van der Waals surface area contributed by atoms with Crippen molar-refractivity contribution in [2.24, 2.45) is 5.92 Å². The van der Waals surface area contributed by atoms with E-state index in [1.165, 1.54) is 17.2 Å². The lowest BCUT2D eigenvalue weighted by molar-refractivity contribution is -0.0592. The van der Waals surface area contributed by atoms with Crippen LogP contribution in [0.3, 0.4) is 0 Å². The van der Waals surface area contributed by atoms with Gasteiger partial charge in [0.05, 0.1) is 29.2 Å². The van der Waals surface area contributed by atoms with Gasteiger partial charge >= 0.3 is 11.4 Å². The Kier molecular flexibility index (Phi) is 10.9. The monoisotopic (exact) mass is 884 g/mol. The summed E-state index contributed by atoms with van der Waals surface area (Å²) in [6.45, 7) is 12.4. The Morgan fingerprint density at radius 1 is 0.938 bits per heavy atom. The molecule has 2 N–H and O–H groups in total. The molecule has 0 bridgehead atoms. The van der Waals surface area contributed by atoms with Crippen molar-refractivity contribution in [2.75, 3.05) is 26.5 Å². The number of ether oxygens (including phenoxy) is 1. The molecule has 7 aromatic rings. The highest BCUT2D eigenvalue weighted by Crippen LogP contribution is 2.45. The van der Waals surface area contributed by atoms with Gasteiger partial charge in [0.2, 0.25) is 0 Å². The fraction of sp³-hybridized carbons (Fsp3) is 0.408. The molecule has 3 atom stereocenters. The van der Waals surface area contributed by atoms with Gasteiger partial charge in [0.25, 0.3) is 5.91 Å². The summed E-state index contributed by atoms with van der Waals surface area (Å²) in [7, 11) is -0.0793. The summed E-state index contributed by atoms with van der Waals surface area (Å²) in [5.74, 6) is 2.20. The van der Waals surface area contributed by atoms with Crippen LogP contribution in [0.4, 0.5) is 4.39 Å². The number of H-pyrrole nitrogens is 2. The Labute approximate surface area is 371 Å². The van der Waals surface area contributed by atoms with Crippen LogP contribution in [0.25, 0.3) is 28.1 Å². The van der Waals surface area contributed by atoms with Gasteiger partial charge in [-0.3, -0.25) is 23.4 Å². The molecule has 11 rings (SSSR count). The minimum atomic E-state index is -0.450. The number of imidazole rings is 1. The molecule has 6 heterocycles. The quantitative estimate of drug-likeness (QED) is 0.138. The number of benzene rings is 3. The zero-order chi connectivity index (χ0) is 44.4. The van der Waals surface area contributed by atoms with Crippen molar-refractivity contribution in [1.82, 2.24) is 38.9 Å². The van der Waals surface area contributed by atoms with E-state index in [1.54, 1.807) is 32.3 Å². The van der Waals surface area contributed by atoms with Crippen molar-refractivity contribution in [3.05, 3.63) is 145 Å². The first-order chi connectivity index (χ1) is 30.8. The van der Waals surface area contributed by atoms with E-state index >= 15 is 0 Å². The number of amides is 1. The van der Waals surface area contributed by atoms with Crippen LogP contribution in [0.2, 0.25) is 0 Å². The number of hydrogen-bond donors (Lipinski definition) is 2. The molecule has 0 radical (unpaired) electrons. The van der Waals surface area contributed by atoms with Gasteiger partial charge in [0.1, 0.15) is 17.3 Å². The second kappa shape index (κ2) is 16.6. The van der Waals surface area contributed by atoms with Crippen LogP contribution < -0.4 is 11.4 Å². The zero-order valence-electron chi connectivity index (χ0n) is 36.9. The molecule has 3 fully saturated rings. The smallest absolute Gasteiger partial charge is 0.376 e. The third-order valence-electron chi connectivity index (χ3n) is 13.2. The number of halogens is 1. The Hall–Kier alpha value is -5.85. The Morgan fingerprint density at radius 2 is 1.70 bits per heavy atom. The number of fused-ring (bicyclic) bond motifs is 2. The van der Waals surface area contributed by atoms with Crippen molar-refractivity contribution >= 4 is 24.7 Å². The summed E-state index contributed by atoms with van der Waals surface area (Å²) in [4.78, 5) is 46.7. The average molecular weight is 885 g/mol. The van der Waals surface area contributed by atoms with Crippen molar-refractivity contribution in [1.29, 1.82) is 0 Å². The van der Waals surface area contributed by atoms with E-state index < -0.39 is 5.76 Å². The molecule has 2 aliphatic heterocycles. The van der Waals surface area contributed by atoms with Crippen molar-refractivity contribution < 1.29 is 18.4 Å². The van der Waals surface area contributed by atoms with Gasteiger partial charge in [-0.2, -0.15) is 5.10 Å². The van der Waals surface area contributed by atoms with Gasteiger partial charge in [-0.05, 0) is 148 Å². The van der Waals surface area contributed by atoms with Gasteiger partial charge in [-0.1, -0.05) is 30.3 Å². The van der Waals surface area contributed by atoms with E-state index in [4.69, 9.17) is 9.84 Å². The van der Waals surface area contributed by atoms with E-state index in [2.05, 4.69) is 84.1 Å². The van der Waals surface area contributed by atoms with Gasteiger partial charge in [0, 0.05) is 54.4 Å². The van der Waals surface area contributed by atoms with Gasteiger partial charge < -0.3 is 14.6 Å². The van der Waals surface area contributed by atoms with Crippen LogP contribution in [0.1, 0.15) is 115 Å². The normalized spacial score (nSPS) is 20.3. The van der Waals surface area contributed by atoms with E-state index in [0.29, 0.717) is 59.3 Å². The molecule has 13 nitrogen and oxygen atoms in total. The van der Waals surface area contributed by atoms with Gasteiger partial charge in [0.15, 0.2) is 5.82 Å². The third kappa shape index (κ3) is 8.45. The molecule has 1 saturated heterocycles. The minimum absolute atomic E-state index is 0.0793. The Balaban J connectivity index is 0.000000425. The molecule has 0 spiro atoms. The maximum Gasteiger partial charge on any atom is 0.438 e. The lowest BCUT2D eigenvalue weighted by atomic mass is 9.83. The largest absolute Gasteiger partial charge is 0.438 e. The van der Waals surface area contributed by atoms with Crippen LogP contribution in [0.5, 0.6) is 0 Å². The summed E-state index contributed by atoms with van der Waals surface area (Å²) in [5.41, 5.74) is 7.36. The summed E-state index contributed by atoms with van der Waals surface area (Å²) >= 11 is 0. The van der Waals surface area contributed by atoms with Gasteiger partial charge in [-0.15, -0.1) is 7.92 Å². The summed E-state index contributed by atoms with van der Waals surface area (Å²) < 4.78 is 30.3. The second-order valence-electron chi connectivity index (χ2n) is 19.0.